The molecule has 1 aromatic heterocycles. The predicted molar refractivity (Wildman–Crippen MR) is 88.6 cm³/mol. The molecule has 1 aromatic rings. The van der Waals surface area contributed by atoms with Gasteiger partial charge in [-0.1, -0.05) is 20.8 Å². The van der Waals surface area contributed by atoms with Gasteiger partial charge in [0.2, 0.25) is 0 Å². The quantitative estimate of drug-likeness (QED) is 0.724. The monoisotopic (exact) mass is 311 g/mol. The number of ether oxygens (including phenoxy) is 1. The van der Waals surface area contributed by atoms with Gasteiger partial charge >= 0.3 is 6.09 Å². The molecule has 0 bridgehead atoms. The summed E-state index contributed by atoms with van der Waals surface area (Å²) in [6.07, 6.45) is -0.390. The summed E-state index contributed by atoms with van der Waals surface area (Å²) in [5.41, 5.74) is 0.292. The lowest BCUT2D eigenvalue weighted by atomic mass is 10.2. The Balaban J connectivity index is 3.10. The van der Waals surface area contributed by atoms with E-state index in [1.807, 2.05) is 39.8 Å². The van der Waals surface area contributed by atoms with Gasteiger partial charge in [-0.3, -0.25) is 0 Å². The van der Waals surface area contributed by atoms with Crippen molar-refractivity contribution in [3.63, 3.8) is 0 Å². The molecule has 0 aromatic carbocycles. The molecule has 4 nitrogen and oxygen atoms in total. The van der Waals surface area contributed by atoms with Gasteiger partial charge < -0.3 is 9.16 Å². The van der Waals surface area contributed by atoms with Crippen LogP contribution in [0.25, 0.3) is 0 Å². The third-order valence-electron chi connectivity index (χ3n) is 3.78. The first-order valence-electron chi connectivity index (χ1n) is 7.35. The molecule has 0 fully saturated rings. The zero-order valence-corrected chi connectivity index (χ0v) is 15.8. The zero-order valence-electron chi connectivity index (χ0n) is 14.8. The SMILES string of the molecule is Cc1ccc(O[Si](C)(C)C(C)(C)C)n1C(=O)OC(C)(C)C. The highest BCUT2D eigenvalue weighted by atomic mass is 28.4. The molecule has 0 amide bonds. The van der Waals surface area contributed by atoms with Gasteiger partial charge in [0, 0.05) is 5.69 Å². The first-order valence-corrected chi connectivity index (χ1v) is 10.3. The van der Waals surface area contributed by atoms with Gasteiger partial charge in [-0.25, -0.2) is 9.36 Å². The van der Waals surface area contributed by atoms with Crippen LogP contribution in [0.15, 0.2) is 12.1 Å². The third-order valence-corrected chi connectivity index (χ3v) is 8.11. The number of hydrogen-bond donors (Lipinski definition) is 0. The molecule has 1 rings (SSSR count). The zero-order chi connectivity index (χ0) is 16.6. The lowest BCUT2D eigenvalue weighted by Crippen LogP contribution is -2.44. The number of aryl methyl sites for hydroxylation is 1. The van der Waals surface area contributed by atoms with E-state index in [2.05, 4.69) is 33.9 Å². The van der Waals surface area contributed by atoms with E-state index in [-0.39, 0.29) is 5.04 Å². The van der Waals surface area contributed by atoms with Crippen LogP contribution in [0.5, 0.6) is 5.88 Å². The molecule has 0 radical (unpaired) electrons. The molecule has 0 N–H and O–H groups in total. The molecule has 0 atom stereocenters. The van der Waals surface area contributed by atoms with Crippen LogP contribution in [0, 0.1) is 6.92 Å². The van der Waals surface area contributed by atoms with Crippen molar-refractivity contribution in [2.45, 2.75) is 72.2 Å². The average Bonchev–Trinajstić information content (AvgIpc) is 2.54. The highest BCUT2D eigenvalue weighted by Gasteiger charge is 2.40. The van der Waals surface area contributed by atoms with E-state index in [1.54, 1.807) is 0 Å². The lowest BCUT2D eigenvalue weighted by Gasteiger charge is -2.36. The van der Waals surface area contributed by atoms with Crippen LogP contribution in [0.3, 0.4) is 0 Å². The second-order valence-corrected chi connectivity index (χ2v) is 12.7. The molecule has 0 aliphatic heterocycles. The maximum absolute atomic E-state index is 12.4. The van der Waals surface area contributed by atoms with Crippen molar-refractivity contribution in [3.8, 4) is 5.88 Å². The minimum Gasteiger partial charge on any atom is -0.531 e. The number of carbonyl (C=O) groups is 1. The van der Waals surface area contributed by atoms with Crippen LogP contribution in [0.2, 0.25) is 18.1 Å². The van der Waals surface area contributed by atoms with E-state index in [0.29, 0.717) is 5.88 Å². The molecule has 120 valence electrons. The largest absolute Gasteiger partial charge is 0.531 e. The van der Waals surface area contributed by atoms with E-state index in [9.17, 15) is 4.79 Å². The minimum atomic E-state index is -2.00. The number of nitrogens with zero attached hydrogens (tertiary/aromatic N) is 1. The Morgan fingerprint density at radius 2 is 1.62 bits per heavy atom. The van der Waals surface area contributed by atoms with E-state index in [4.69, 9.17) is 9.16 Å². The fourth-order valence-electron chi connectivity index (χ4n) is 1.55. The summed E-state index contributed by atoms with van der Waals surface area (Å²) in [5, 5.41) is 0.0733. The normalized spacial score (nSPS) is 13.2. The second kappa shape index (κ2) is 5.52. The number of carbonyl (C=O) groups excluding carboxylic acids is 1. The lowest BCUT2D eigenvalue weighted by molar-refractivity contribution is 0.0526. The van der Waals surface area contributed by atoms with E-state index in [0.717, 1.165) is 5.69 Å². The average molecular weight is 311 g/mol. The molecule has 0 aliphatic carbocycles. The van der Waals surface area contributed by atoms with Crippen molar-refractivity contribution < 1.29 is 14.0 Å². The highest BCUT2D eigenvalue weighted by molar-refractivity contribution is 6.74. The van der Waals surface area contributed by atoms with Crippen molar-refractivity contribution in [1.29, 1.82) is 0 Å². The number of aromatic nitrogens is 1. The van der Waals surface area contributed by atoms with Gasteiger partial charge in [-0.15, -0.1) is 0 Å². The molecule has 0 unspecified atom stereocenters. The standard InChI is InChI=1S/C16H29NO3Si/c1-12-10-11-13(20-21(8,9)16(5,6)7)17(12)14(18)19-15(2,3)4/h10-11H,1-9H3. The van der Waals surface area contributed by atoms with Crippen LogP contribution in [-0.4, -0.2) is 24.6 Å². The van der Waals surface area contributed by atoms with Crippen LogP contribution >= 0.6 is 0 Å². The van der Waals surface area contributed by atoms with Crippen molar-refractivity contribution in [2.24, 2.45) is 0 Å². The molecule has 0 spiro atoms. The van der Waals surface area contributed by atoms with Crippen LogP contribution < -0.4 is 4.43 Å². The maximum Gasteiger partial charge on any atom is 0.421 e. The van der Waals surface area contributed by atoms with Gasteiger partial charge in [0.1, 0.15) is 5.60 Å². The Hall–Kier alpha value is -1.23. The first-order chi connectivity index (χ1) is 9.24. The molecule has 21 heavy (non-hydrogen) atoms. The molecule has 1 heterocycles. The molecule has 0 aliphatic rings. The Morgan fingerprint density at radius 3 is 2.05 bits per heavy atom. The molecular formula is C16H29NO3Si. The molecular weight excluding hydrogens is 282 g/mol. The Morgan fingerprint density at radius 1 is 1.10 bits per heavy atom. The summed E-state index contributed by atoms with van der Waals surface area (Å²) < 4.78 is 13.2. The second-order valence-electron chi connectivity index (χ2n) is 7.99. The van der Waals surface area contributed by atoms with Gasteiger partial charge in [-0.05, 0) is 58.0 Å². The van der Waals surface area contributed by atoms with Crippen LogP contribution in [0.1, 0.15) is 47.2 Å². The highest BCUT2D eigenvalue weighted by Crippen LogP contribution is 2.37. The van der Waals surface area contributed by atoms with Gasteiger partial charge in [0.15, 0.2) is 5.88 Å². The summed E-state index contributed by atoms with van der Waals surface area (Å²) >= 11 is 0. The summed E-state index contributed by atoms with van der Waals surface area (Å²) in [5.74, 6) is 0.577. The topological polar surface area (TPSA) is 40.5 Å². The summed E-state index contributed by atoms with van der Waals surface area (Å²) in [7, 11) is -2.00. The molecule has 0 saturated carbocycles. The summed E-state index contributed by atoms with van der Waals surface area (Å²) in [4.78, 5) is 12.4. The van der Waals surface area contributed by atoms with E-state index < -0.39 is 20.0 Å². The van der Waals surface area contributed by atoms with E-state index in [1.165, 1.54) is 4.57 Å². The Bertz CT molecular complexity index is 519. The third kappa shape index (κ3) is 4.36. The summed E-state index contributed by atoms with van der Waals surface area (Å²) in [6.45, 7) is 18.3. The minimum absolute atomic E-state index is 0.0733. The fraction of sp³-hybridized carbons (Fsp3) is 0.688. The van der Waals surface area contributed by atoms with Crippen molar-refractivity contribution >= 4 is 14.4 Å². The van der Waals surface area contributed by atoms with Crippen LogP contribution in [-0.2, 0) is 4.74 Å². The smallest absolute Gasteiger partial charge is 0.421 e. The fourth-order valence-corrected chi connectivity index (χ4v) is 2.54. The Labute approximate surface area is 129 Å². The van der Waals surface area contributed by atoms with Crippen molar-refractivity contribution in [2.75, 3.05) is 0 Å². The van der Waals surface area contributed by atoms with Crippen molar-refractivity contribution in [1.82, 2.24) is 4.57 Å². The summed E-state index contributed by atoms with van der Waals surface area (Å²) in [6, 6.07) is 3.73. The van der Waals surface area contributed by atoms with Gasteiger partial charge in [0.05, 0.1) is 0 Å². The van der Waals surface area contributed by atoms with Gasteiger partial charge in [0.25, 0.3) is 8.32 Å². The molecule has 0 saturated heterocycles. The predicted octanol–water partition coefficient (Wildman–Crippen LogP) is 4.96. The number of hydrogen-bond acceptors (Lipinski definition) is 3. The number of rotatable bonds is 2. The first kappa shape index (κ1) is 17.8. The van der Waals surface area contributed by atoms with Crippen molar-refractivity contribution in [3.05, 3.63) is 17.8 Å². The maximum atomic E-state index is 12.4. The molecule has 5 heteroatoms. The van der Waals surface area contributed by atoms with Gasteiger partial charge in [-0.2, -0.15) is 0 Å². The van der Waals surface area contributed by atoms with E-state index >= 15 is 0 Å². The van der Waals surface area contributed by atoms with Crippen LogP contribution in [0.4, 0.5) is 4.79 Å². The Kier molecular flexibility index (Phi) is 4.68.